The average molecular weight is 387 g/mol. The van der Waals surface area contributed by atoms with Crippen LogP contribution in [-0.4, -0.2) is 44.3 Å². The van der Waals surface area contributed by atoms with Gasteiger partial charge in [-0.1, -0.05) is 6.92 Å². The predicted octanol–water partition coefficient (Wildman–Crippen LogP) is 2.64. The highest BCUT2D eigenvalue weighted by Crippen LogP contribution is 2.21. The number of nitrogens with zero attached hydrogens (tertiary/aromatic N) is 3. The van der Waals surface area contributed by atoms with E-state index in [1.807, 2.05) is 11.8 Å². The smallest absolute Gasteiger partial charge is 0.408 e. The summed E-state index contributed by atoms with van der Waals surface area (Å²) < 4.78 is 9.36. The third-order valence-corrected chi connectivity index (χ3v) is 5.48. The van der Waals surface area contributed by atoms with Crippen molar-refractivity contribution in [1.29, 1.82) is 0 Å². The van der Waals surface area contributed by atoms with E-state index in [9.17, 15) is 9.59 Å². The van der Waals surface area contributed by atoms with E-state index in [0.29, 0.717) is 29.8 Å². The molecule has 8 nitrogen and oxygen atoms in total. The Morgan fingerprint density at radius 1 is 1.41 bits per heavy atom. The van der Waals surface area contributed by atoms with Crippen LogP contribution in [0, 0.1) is 0 Å². The van der Waals surface area contributed by atoms with Crippen molar-refractivity contribution >= 4 is 33.7 Å². The molecular weight excluding hydrogens is 366 g/mol. The van der Waals surface area contributed by atoms with Crippen molar-refractivity contribution in [2.75, 3.05) is 18.4 Å². The number of rotatable bonds is 4. The van der Waals surface area contributed by atoms with Crippen LogP contribution >= 0.6 is 11.5 Å². The summed E-state index contributed by atoms with van der Waals surface area (Å²) in [7, 11) is 0. The van der Waals surface area contributed by atoms with Gasteiger partial charge >= 0.3 is 5.76 Å². The molecule has 4 rings (SSSR count). The number of aromatic nitrogens is 3. The molecule has 1 amide bonds. The number of benzene rings is 1. The maximum Gasteiger partial charge on any atom is 0.417 e. The van der Waals surface area contributed by atoms with Crippen molar-refractivity contribution < 1.29 is 9.21 Å². The number of oxazole rings is 1. The van der Waals surface area contributed by atoms with Crippen LogP contribution in [0.25, 0.3) is 11.1 Å². The SMILES string of the molecule is CCc1nsc(NC2CCCN(C(=O)c3ccc4[nH]c(=O)oc4c3)CC2)n1. The number of carbonyl (C=O) groups is 1. The molecule has 0 aliphatic carbocycles. The minimum atomic E-state index is -0.513. The number of anilines is 1. The minimum Gasteiger partial charge on any atom is -0.408 e. The van der Waals surface area contributed by atoms with Gasteiger partial charge < -0.3 is 14.6 Å². The van der Waals surface area contributed by atoms with E-state index < -0.39 is 5.76 Å². The van der Waals surface area contributed by atoms with Gasteiger partial charge in [-0.25, -0.2) is 9.78 Å². The zero-order valence-electron chi connectivity index (χ0n) is 15.0. The third kappa shape index (κ3) is 3.87. The van der Waals surface area contributed by atoms with Crippen LogP contribution in [0.2, 0.25) is 0 Å². The maximum atomic E-state index is 12.9. The van der Waals surface area contributed by atoms with Crippen LogP contribution in [0.4, 0.5) is 5.13 Å². The lowest BCUT2D eigenvalue weighted by atomic mass is 10.1. The fourth-order valence-electron chi connectivity index (χ4n) is 3.34. The first-order chi connectivity index (χ1) is 13.1. The van der Waals surface area contributed by atoms with Crippen molar-refractivity contribution in [3.63, 3.8) is 0 Å². The number of fused-ring (bicyclic) bond motifs is 1. The number of amides is 1. The van der Waals surface area contributed by atoms with Gasteiger partial charge in [0.15, 0.2) is 5.58 Å². The van der Waals surface area contributed by atoms with Crippen molar-refractivity contribution in [3.8, 4) is 0 Å². The second-order valence-corrected chi connectivity index (χ2v) is 7.41. The van der Waals surface area contributed by atoms with E-state index in [4.69, 9.17) is 4.42 Å². The van der Waals surface area contributed by atoms with Gasteiger partial charge in [0.1, 0.15) is 5.82 Å². The standard InChI is InChI=1S/C18H21N5O3S/c1-2-15-21-17(27-22-15)19-12-4-3-8-23(9-7-12)16(24)11-5-6-13-14(10-11)26-18(25)20-13/h5-6,10,12H,2-4,7-9H2,1H3,(H,20,25)(H,19,21,22). The molecule has 2 N–H and O–H groups in total. The second kappa shape index (κ2) is 7.51. The molecule has 3 aromatic rings. The Morgan fingerprint density at radius 2 is 2.30 bits per heavy atom. The third-order valence-electron chi connectivity index (χ3n) is 4.80. The van der Waals surface area contributed by atoms with Crippen molar-refractivity contribution in [3.05, 3.63) is 40.1 Å². The van der Waals surface area contributed by atoms with Crippen LogP contribution in [0.1, 0.15) is 42.4 Å². The summed E-state index contributed by atoms with van der Waals surface area (Å²) >= 11 is 1.39. The quantitative estimate of drug-likeness (QED) is 0.713. The monoisotopic (exact) mass is 387 g/mol. The first-order valence-electron chi connectivity index (χ1n) is 9.13. The van der Waals surface area contributed by atoms with E-state index >= 15 is 0 Å². The molecule has 1 saturated heterocycles. The first-order valence-corrected chi connectivity index (χ1v) is 9.91. The number of aromatic amines is 1. The van der Waals surface area contributed by atoms with Crippen LogP contribution in [0.5, 0.6) is 0 Å². The maximum absolute atomic E-state index is 12.9. The van der Waals surface area contributed by atoms with Gasteiger partial charge in [-0.2, -0.15) is 4.37 Å². The summed E-state index contributed by atoms with van der Waals surface area (Å²) in [4.78, 5) is 33.1. The van der Waals surface area contributed by atoms with Gasteiger partial charge in [-0.3, -0.25) is 9.78 Å². The van der Waals surface area contributed by atoms with Gasteiger partial charge in [0.2, 0.25) is 5.13 Å². The molecular formula is C18H21N5O3S. The fourth-order valence-corrected chi connectivity index (χ4v) is 4.06. The van der Waals surface area contributed by atoms with Crippen LogP contribution in [0.15, 0.2) is 27.4 Å². The molecule has 0 saturated carbocycles. The fraction of sp³-hybridized carbons (Fsp3) is 0.444. The molecule has 9 heteroatoms. The van der Waals surface area contributed by atoms with Gasteiger partial charge in [0, 0.05) is 42.6 Å². The molecule has 142 valence electrons. The van der Waals surface area contributed by atoms with Crippen molar-refractivity contribution in [2.45, 2.75) is 38.6 Å². The molecule has 1 aliphatic rings. The molecule has 3 heterocycles. The zero-order chi connectivity index (χ0) is 18.8. The lowest BCUT2D eigenvalue weighted by molar-refractivity contribution is 0.0761. The lowest BCUT2D eigenvalue weighted by Crippen LogP contribution is -2.32. The molecule has 0 radical (unpaired) electrons. The Balaban J connectivity index is 1.41. The summed E-state index contributed by atoms with van der Waals surface area (Å²) in [6, 6.07) is 5.34. The van der Waals surface area contributed by atoms with Crippen LogP contribution in [-0.2, 0) is 6.42 Å². The average Bonchev–Trinajstić information content (AvgIpc) is 3.20. The van der Waals surface area contributed by atoms with Gasteiger partial charge in [-0.05, 0) is 37.5 Å². The molecule has 0 spiro atoms. The van der Waals surface area contributed by atoms with E-state index in [0.717, 1.165) is 36.6 Å². The zero-order valence-corrected chi connectivity index (χ0v) is 15.8. The highest BCUT2D eigenvalue weighted by atomic mass is 32.1. The van der Waals surface area contributed by atoms with E-state index in [1.165, 1.54) is 11.5 Å². The van der Waals surface area contributed by atoms with E-state index in [-0.39, 0.29) is 11.9 Å². The van der Waals surface area contributed by atoms with Crippen molar-refractivity contribution in [1.82, 2.24) is 19.2 Å². The van der Waals surface area contributed by atoms with E-state index in [1.54, 1.807) is 18.2 Å². The topological polar surface area (TPSA) is 104 Å². The van der Waals surface area contributed by atoms with Gasteiger partial charge in [-0.15, -0.1) is 0 Å². The van der Waals surface area contributed by atoms with E-state index in [2.05, 4.69) is 19.7 Å². The summed E-state index contributed by atoms with van der Waals surface area (Å²) in [6.45, 7) is 3.42. The molecule has 1 unspecified atom stereocenters. The number of H-pyrrole nitrogens is 1. The van der Waals surface area contributed by atoms with Gasteiger partial charge in [0.05, 0.1) is 5.52 Å². The summed E-state index contributed by atoms with van der Waals surface area (Å²) in [5, 5.41) is 4.31. The summed E-state index contributed by atoms with van der Waals surface area (Å²) in [6.07, 6.45) is 3.59. The number of hydrogen-bond donors (Lipinski definition) is 2. The normalized spacial score (nSPS) is 17.8. The second-order valence-electron chi connectivity index (χ2n) is 6.66. The predicted molar refractivity (Wildman–Crippen MR) is 103 cm³/mol. The highest BCUT2D eigenvalue weighted by Gasteiger charge is 2.22. The summed E-state index contributed by atoms with van der Waals surface area (Å²) in [5.74, 6) is 0.312. The largest absolute Gasteiger partial charge is 0.417 e. The molecule has 1 atom stereocenters. The molecule has 1 aliphatic heterocycles. The number of hydrogen-bond acceptors (Lipinski definition) is 7. The Labute approximate surface area is 159 Å². The Kier molecular flexibility index (Phi) is 4.93. The minimum absolute atomic E-state index is 0.0365. The molecule has 27 heavy (non-hydrogen) atoms. The molecule has 0 bridgehead atoms. The molecule has 2 aromatic heterocycles. The van der Waals surface area contributed by atoms with Crippen molar-refractivity contribution in [2.24, 2.45) is 0 Å². The number of nitrogens with one attached hydrogen (secondary N) is 2. The Hall–Kier alpha value is -2.68. The lowest BCUT2D eigenvalue weighted by Gasteiger charge is -2.21. The Morgan fingerprint density at radius 3 is 3.11 bits per heavy atom. The number of carbonyl (C=O) groups excluding carboxylic acids is 1. The molecule has 1 aromatic carbocycles. The summed E-state index contributed by atoms with van der Waals surface area (Å²) in [5.41, 5.74) is 1.54. The van der Waals surface area contributed by atoms with Crippen LogP contribution in [0.3, 0.4) is 0 Å². The first kappa shape index (κ1) is 17.7. The van der Waals surface area contributed by atoms with Gasteiger partial charge in [0.25, 0.3) is 5.91 Å². The number of likely N-dealkylation sites (tertiary alicyclic amines) is 1. The Bertz CT molecular complexity index is 1010. The van der Waals surface area contributed by atoms with Crippen LogP contribution < -0.4 is 11.1 Å². The highest BCUT2D eigenvalue weighted by molar-refractivity contribution is 7.09. The number of aryl methyl sites for hydroxylation is 1. The molecule has 1 fully saturated rings.